The van der Waals surface area contributed by atoms with Crippen LogP contribution in [-0.2, 0) is 5.54 Å². The first kappa shape index (κ1) is 11.1. The van der Waals surface area contributed by atoms with Gasteiger partial charge in [-0.1, -0.05) is 26.0 Å². The Bertz CT molecular complexity index is 322. The van der Waals surface area contributed by atoms with Gasteiger partial charge in [0.1, 0.15) is 0 Å². The van der Waals surface area contributed by atoms with Gasteiger partial charge in [0.25, 0.3) is 0 Å². The fourth-order valence-electron chi connectivity index (χ4n) is 1.49. The molecule has 0 heterocycles. The van der Waals surface area contributed by atoms with Gasteiger partial charge in [-0.15, -0.1) is 0 Å². The Kier molecular flexibility index (Phi) is 2.86. The molecule has 0 aliphatic rings. The van der Waals surface area contributed by atoms with Gasteiger partial charge in [0.15, 0.2) is 0 Å². The lowest BCUT2D eigenvalue weighted by atomic mass is 9.90. The SMILES string of the molecule is CC(C)c1ccc(N)c(C(C)(C)N)c1. The lowest BCUT2D eigenvalue weighted by Gasteiger charge is -2.22. The largest absolute Gasteiger partial charge is 0.398 e. The van der Waals surface area contributed by atoms with E-state index < -0.39 is 0 Å². The highest BCUT2D eigenvalue weighted by atomic mass is 14.7. The Hall–Kier alpha value is -1.02. The molecule has 0 spiro atoms. The molecule has 0 amide bonds. The van der Waals surface area contributed by atoms with E-state index in [1.165, 1.54) is 5.56 Å². The first-order chi connectivity index (χ1) is 6.32. The summed E-state index contributed by atoms with van der Waals surface area (Å²) in [5.74, 6) is 0.511. The number of anilines is 1. The summed E-state index contributed by atoms with van der Waals surface area (Å²) in [6.07, 6.45) is 0. The fourth-order valence-corrected chi connectivity index (χ4v) is 1.49. The van der Waals surface area contributed by atoms with Crippen LogP contribution in [0.1, 0.15) is 44.7 Å². The molecule has 0 saturated carbocycles. The molecular formula is C12H20N2. The standard InChI is InChI=1S/C12H20N2/c1-8(2)9-5-6-11(13)10(7-9)12(3,4)14/h5-8H,13-14H2,1-4H3. The van der Waals surface area contributed by atoms with Crippen LogP contribution in [0.15, 0.2) is 18.2 Å². The number of rotatable bonds is 2. The number of nitrogen functional groups attached to an aromatic ring is 1. The molecular weight excluding hydrogens is 172 g/mol. The van der Waals surface area contributed by atoms with Crippen LogP contribution in [0.25, 0.3) is 0 Å². The average Bonchev–Trinajstić information content (AvgIpc) is 2.02. The molecule has 0 aliphatic carbocycles. The molecule has 2 heteroatoms. The predicted octanol–water partition coefficient (Wildman–Crippen LogP) is 2.59. The Morgan fingerprint density at radius 1 is 1.21 bits per heavy atom. The maximum atomic E-state index is 6.05. The molecule has 14 heavy (non-hydrogen) atoms. The Morgan fingerprint density at radius 3 is 2.21 bits per heavy atom. The Balaban J connectivity index is 3.22. The van der Waals surface area contributed by atoms with Gasteiger partial charge in [0, 0.05) is 11.2 Å². The highest BCUT2D eigenvalue weighted by Gasteiger charge is 2.18. The third kappa shape index (κ3) is 2.26. The van der Waals surface area contributed by atoms with Crippen molar-refractivity contribution in [2.24, 2.45) is 5.73 Å². The molecule has 1 aromatic carbocycles. The number of hydrogen-bond acceptors (Lipinski definition) is 2. The maximum Gasteiger partial charge on any atom is 0.0373 e. The molecule has 2 nitrogen and oxygen atoms in total. The molecule has 0 aliphatic heterocycles. The number of hydrogen-bond donors (Lipinski definition) is 2. The summed E-state index contributed by atoms with van der Waals surface area (Å²) in [5, 5.41) is 0. The molecule has 4 N–H and O–H groups in total. The molecule has 0 radical (unpaired) electrons. The summed E-state index contributed by atoms with van der Waals surface area (Å²) in [4.78, 5) is 0. The molecule has 1 aromatic rings. The van der Waals surface area contributed by atoms with E-state index in [2.05, 4.69) is 26.0 Å². The van der Waals surface area contributed by atoms with E-state index in [9.17, 15) is 0 Å². The summed E-state index contributed by atoms with van der Waals surface area (Å²) in [5.41, 5.74) is 14.7. The zero-order chi connectivity index (χ0) is 10.9. The van der Waals surface area contributed by atoms with Crippen LogP contribution in [0.5, 0.6) is 0 Å². The van der Waals surface area contributed by atoms with Crippen molar-refractivity contribution in [3.63, 3.8) is 0 Å². The zero-order valence-electron chi connectivity index (χ0n) is 9.46. The topological polar surface area (TPSA) is 52.0 Å². The first-order valence-corrected chi connectivity index (χ1v) is 5.01. The first-order valence-electron chi connectivity index (χ1n) is 5.01. The van der Waals surface area contributed by atoms with Gasteiger partial charge in [-0.2, -0.15) is 0 Å². The molecule has 0 fully saturated rings. The van der Waals surface area contributed by atoms with Crippen molar-refractivity contribution in [1.82, 2.24) is 0 Å². The molecule has 0 aromatic heterocycles. The molecule has 78 valence electrons. The van der Waals surface area contributed by atoms with Crippen molar-refractivity contribution in [2.45, 2.75) is 39.2 Å². The minimum absolute atomic E-state index is 0.366. The highest BCUT2D eigenvalue weighted by Crippen LogP contribution is 2.27. The lowest BCUT2D eigenvalue weighted by molar-refractivity contribution is 0.555. The van der Waals surface area contributed by atoms with Crippen molar-refractivity contribution in [2.75, 3.05) is 5.73 Å². The minimum Gasteiger partial charge on any atom is -0.398 e. The van der Waals surface area contributed by atoms with E-state index in [4.69, 9.17) is 11.5 Å². The van der Waals surface area contributed by atoms with Gasteiger partial charge in [-0.25, -0.2) is 0 Å². The van der Waals surface area contributed by atoms with E-state index in [0.29, 0.717) is 5.92 Å². The second-order valence-corrected chi connectivity index (χ2v) is 4.72. The van der Waals surface area contributed by atoms with Crippen LogP contribution in [0.3, 0.4) is 0 Å². The summed E-state index contributed by atoms with van der Waals surface area (Å²) in [6, 6.07) is 6.12. The van der Waals surface area contributed by atoms with E-state index in [1.54, 1.807) is 0 Å². The van der Waals surface area contributed by atoms with E-state index in [-0.39, 0.29) is 5.54 Å². The molecule has 0 atom stereocenters. The van der Waals surface area contributed by atoms with Crippen molar-refractivity contribution < 1.29 is 0 Å². The van der Waals surface area contributed by atoms with Crippen LogP contribution >= 0.6 is 0 Å². The van der Waals surface area contributed by atoms with Gasteiger partial charge in [-0.3, -0.25) is 0 Å². The highest BCUT2D eigenvalue weighted by molar-refractivity contribution is 5.52. The van der Waals surface area contributed by atoms with Gasteiger partial charge in [-0.05, 0) is 37.0 Å². The summed E-state index contributed by atoms with van der Waals surface area (Å²) in [6.45, 7) is 8.28. The van der Waals surface area contributed by atoms with Crippen molar-refractivity contribution in [1.29, 1.82) is 0 Å². The Morgan fingerprint density at radius 2 is 1.79 bits per heavy atom. The van der Waals surface area contributed by atoms with Gasteiger partial charge in [0.2, 0.25) is 0 Å². The van der Waals surface area contributed by atoms with E-state index in [0.717, 1.165) is 11.3 Å². The predicted molar refractivity (Wildman–Crippen MR) is 62.2 cm³/mol. The average molecular weight is 192 g/mol. The van der Waals surface area contributed by atoms with Crippen LogP contribution in [0, 0.1) is 0 Å². The van der Waals surface area contributed by atoms with Crippen LogP contribution in [-0.4, -0.2) is 0 Å². The molecule has 1 rings (SSSR count). The Labute approximate surface area is 86.3 Å². The quantitative estimate of drug-likeness (QED) is 0.708. The monoisotopic (exact) mass is 192 g/mol. The smallest absolute Gasteiger partial charge is 0.0373 e. The zero-order valence-corrected chi connectivity index (χ0v) is 9.46. The summed E-state index contributed by atoms with van der Waals surface area (Å²) in [7, 11) is 0. The van der Waals surface area contributed by atoms with Gasteiger partial charge in [0.05, 0.1) is 0 Å². The van der Waals surface area contributed by atoms with Crippen molar-refractivity contribution >= 4 is 5.69 Å². The second kappa shape index (κ2) is 3.62. The third-order valence-corrected chi connectivity index (χ3v) is 2.44. The molecule has 0 saturated heterocycles. The van der Waals surface area contributed by atoms with E-state index >= 15 is 0 Å². The second-order valence-electron chi connectivity index (χ2n) is 4.72. The number of nitrogens with two attached hydrogens (primary N) is 2. The summed E-state index contributed by atoms with van der Waals surface area (Å²) < 4.78 is 0. The maximum absolute atomic E-state index is 6.05. The van der Waals surface area contributed by atoms with Crippen LogP contribution in [0.4, 0.5) is 5.69 Å². The van der Waals surface area contributed by atoms with Gasteiger partial charge >= 0.3 is 0 Å². The minimum atomic E-state index is -0.366. The van der Waals surface area contributed by atoms with Crippen LogP contribution < -0.4 is 11.5 Å². The van der Waals surface area contributed by atoms with Crippen molar-refractivity contribution in [3.8, 4) is 0 Å². The normalized spacial score (nSPS) is 12.1. The lowest BCUT2D eigenvalue weighted by Crippen LogP contribution is -2.29. The molecule has 0 bridgehead atoms. The summed E-state index contributed by atoms with van der Waals surface area (Å²) >= 11 is 0. The third-order valence-electron chi connectivity index (χ3n) is 2.44. The number of benzene rings is 1. The molecule has 0 unspecified atom stereocenters. The fraction of sp³-hybridized carbons (Fsp3) is 0.500. The van der Waals surface area contributed by atoms with Crippen molar-refractivity contribution in [3.05, 3.63) is 29.3 Å². The van der Waals surface area contributed by atoms with Gasteiger partial charge < -0.3 is 11.5 Å². The van der Waals surface area contributed by atoms with E-state index in [1.807, 2.05) is 19.9 Å². The van der Waals surface area contributed by atoms with Crippen LogP contribution in [0.2, 0.25) is 0 Å².